The van der Waals surface area contributed by atoms with E-state index in [4.69, 9.17) is 14.9 Å². The van der Waals surface area contributed by atoms with Crippen LogP contribution in [0.4, 0.5) is 4.79 Å². The van der Waals surface area contributed by atoms with E-state index in [9.17, 15) is 14.4 Å². The molecular weight excluding hydrogens is 412 g/mol. The number of carboxylic acid groups (broad SMARTS) is 1. The zero-order valence-electron chi connectivity index (χ0n) is 17.9. The lowest BCUT2D eigenvalue weighted by atomic mass is 9.98. The molecule has 32 heavy (non-hydrogen) atoms. The molecule has 0 heterocycles. The summed E-state index contributed by atoms with van der Waals surface area (Å²) in [6.07, 6.45) is -0.309. The number of carboxylic acids is 1. The first kappa shape index (κ1) is 23.3. The fourth-order valence-corrected chi connectivity index (χ4v) is 3.87. The maximum Gasteiger partial charge on any atom is 0.407 e. The van der Waals surface area contributed by atoms with E-state index in [0.717, 1.165) is 22.3 Å². The van der Waals surface area contributed by atoms with Crippen molar-refractivity contribution in [1.29, 1.82) is 0 Å². The SMILES string of the molecule is CC(CCNC(=O)OCC1c2ccccc2-c2ccccc21)C(=O)NC(CCO)C(=O)O. The molecule has 0 saturated heterocycles. The number of carbonyl (C=O) groups is 3. The molecule has 8 nitrogen and oxygen atoms in total. The van der Waals surface area contributed by atoms with E-state index in [1.807, 2.05) is 36.4 Å². The van der Waals surface area contributed by atoms with Crippen molar-refractivity contribution in [1.82, 2.24) is 10.6 Å². The predicted octanol–water partition coefficient (Wildman–Crippen LogP) is 2.50. The normalized spacial score (nSPS) is 14.1. The summed E-state index contributed by atoms with van der Waals surface area (Å²) in [7, 11) is 0. The van der Waals surface area contributed by atoms with Crippen molar-refractivity contribution in [2.75, 3.05) is 19.8 Å². The lowest BCUT2D eigenvalue weighted by Crippen LogP contribution is -2.44. The van der Waals surface area contributed by atoms with Crippen LogP contribution in [-0.2, 0) is 14.3 Å². The molecule has 0 saturated carbocycles. The maximum atomic E-state index is 12.2. The van der Waals surface area contributed by atoms with Crippen molar-refractivity contribution in [2.24, 2.45) is 5.92 Å². The largest absolute Gasteiger partial charge is 0.480 e. The molecule has 170 valence electrons. The van der Waals surface area contributed by atoms with Crippen molar-refractivity contribution < 1.29 is 29.3 Å². The number of aliphatic hydroxyl groups is 1. The first-order chi connectivity index (χ1) is 15.4. The van der Waals surface area contributed by atoms with Gasteiger partial charge in [0.15, 0.2) is 0 Å². The van der Waals surface area contributed by atoms with Gasteiger partial charge < -0.3 is 25.6 Å². The van der Waals surface area contributed by atoms with Gasteiger partial charge in [-0.2, -0.15) is 0 Å². The van der Waals surface area contributed by atoms with Crippen LogP contribution in [0, 0.1) is 5.92 Å². The standard InChI is InChI=1S/C24H28N2O6/c1-15(22(28)26-21(11-13-27)23(29)30)10-12-25-24(31)32-14-20-18-8-4-2-6-16(18)17-7-3-5-9-19(17)20/h2-9,15,20-21,27H,10-14H2,1H3,(H,25,31)(H,26,28)(H,29,30). The van der Waals surface area contributed by atoms with Gasteiger partial charge in [-0.3, -0.25) is 4.79 Å². The number of hydrogen-bond acceptors (Lipinski definition) is 5. The van der Waals surface area contributed by atoms with Crippen molar-refractivity contribution in [3.8, 4) is 11.1 Å². The van der Waals surface area contributed by atoms with Crippen LogP contribution in [0.25, 0.3) is 11.1 Å². The third-order valence-corrected chi connectivity index (χ3v) is 5.67. The van der Waals surface area contributed by atoms with E-state index in [2.05, 4.69) is 22.8 Å². The minimum absolute atomic E-state index is 0.0303. The van der Waals surface area contributed by atoms with Crippen molar-refractivity contribution >= 4 is 18.0 Å². The number of aliphatic hydroxyl groups excluding tert-OH is 1. The van der Waals surface area contributed by atoms with Crippen LogP contribution in [0.5, 0.6) is 0 Å². The molecule has 0 fully saturated rings. The van der Waals surface area contributed by atoms with Crippen molar-refractivity contribution in [3.05, 3.63) is 59.7 Å². The Labute approximate surface area is 186 Å². The number of amides is 2. The Morgan fingerprint density at radius 1 is 1.00 bits per heavy atom. The van der Waals surface area contributed by atoms with Gasteiger partial charge in [0.25, 0.3) is 0 Å². The number of benzene rings is 2. The Kier molecular flexibility index (Phi) is 7.83. The molecule has 2 aromatic carbocycles. The van der Waals surface area contributed by atoms with Gasteiger partial charge in [0.1, 0.15) is 12.6 Å². The monoisotopic (exact) mass is 440 g/mol. The van der Waals surface area contributed by atoms with Gasteiger partial charge in [-0.05, 0) is 28.7 Å². The maximum absolute atomic E-state index is 12.2. The van der Waals surface area contributed by atoms with Crippen LogP contribution >= 0.6 is 0 Å². The second kappa shape index (κ2) is 10.8. The number of nitrogens with one attached hydrogen (secondary N) is 2. The van der Waals surface area contributed by atoms with Crippen LogP contribution in [0.2, 0.25) is 0 Å². The third kappa shape index (κ3) is 5.45. The van der Waals surface area contributed by atoms with Gasteiger partial charge in [-0.15, -0.1) is 0 Å². The molecule has 0 bridgehead atoms. The molecule has 3 rings (SSSR count). The molecular formula is C24H28N2O6. The molecule has 2 aromatic rings. The minimum atomic E-state index is -1.20. The van der Waals surface area contributed by atoms with Gasteiger partial charge in [0.2, 0.25) is 5.91 Å². The van der Waals surface area contributed by atoms with Crippen LogP contribution < -0.4 is 10.6 Å². The molecule has 2 unspecified atom stereocenters. The summed E-state index contributed by atoms with van der Waals surface area (Å²) in [6, 6.07) is 15.0. The molecule has 2 amide bonds. The summed E-state index contributed by atoms with van der Waals surface area (Å²) in [4.78, 5) is 35.4. The highest BCUT2D eigenvalue weighted by molar-refractivity contribution is 5.84. The molecule has 0 spiro atoms. The summed E-state index contributed by atoms with van der Waals surface area (Å²) < 4.78 is 5.45. The first-order valence-electron chi connectivity index (χ1n) is 10.6. The van der Waals surface area contributed by atoms with E-state index in [1.165, 1.54) is 0 Å². The minimum Gasteiger partial charge on any atom is -0.480 e. The second-order valence-electron chi connectivity index (χ2n) is 7.85. The van der Waals surface area contributed by atoms with E-state index in [-0.39, 0.29) is 32.1 Å². The molecule has 1 aliphatic carbocycles. The van der Waals surface area contributed by atoms with Gasteiger partial charge in [0.05, 0.1) is 0 Å². The Hall–Kier alpha value is -3.39. The number of alkyl carbamates (subject to hydrolysis) is 1. The summed E-state index contributed by atoms with van der Waals surface area (Å²) in [5, 5.41) is 23.0. The predicted molar refractivity (Wildman–Crippen MR) is 118 cm³/mol. The van der Waals surface area contributed by atoms with Gasteiger partial charge >= 0.3 is 12.1 Å². The number of hydrogen-bond donors (Lipinski definition) is 4. The number of fused-ring (bicyclic) bond motifs is 3. The summed E-state index contributed by atoms with van der Waals surface area (Å²) in [5.41, 5.74) is 4.56. The van der Waals surface area contributed by atoms with Gasteiger partial charge in [-0.25, -0.2) is 9.59 Å². The Bertz CT molecular complexity index is 931. The topological polar surface area (TPSA) is 125 Å². The molecule has 1 aliphatic rings. The lowest BCUT2D eigenvalue weighted by Gasteiger charge is -2.17. The highest BCUT2D eigenvalue weighted by Crippen LogP contribution is 2.44. The number of carbonyl (C=O) groups excluding carboxylic acids is 2. The van der Waals surface area contributed by atoms with Gasteiger partial charge in [-0.1, -0.05) is 55.5 Å². The van der Waals surface area contributed by atoms with Crippen LogP contribution in [0.15, 0.2) is 48.5 Å². The van der Waals surface area contributed by atoms with Crippen LogP contribution in [-0.4, -0.2) is 54.0 Å². The number of aliphatic carboxylic acids is 1. The lowest BCUT2D eigenvalue weighted by molar-refractivity contribution is -0.142. The van der Waals surface area contributed by atoms with Gasteiger partial charge in [0, 0.05) is 31.4 Å². The quantitative estimate of drug-likeness (QED) is 0.450. The molecule has 8 heteroatoms. The average Bonchev–Trinajstić information content (AvgIpc) is 3.11. The first-order valence-corrected chi connectivity index (χ1v) is 10.6. The average molecular weight is 440 g/mol. The molecule has 2 atom stereocenters. The molecule has 0 aliphatic heterocycles. The molecule has 4 N–H and O–H groups in total. The molecule has 0 aromatic heterocycles. The van der Waals surface area contributed by atoms with E-state index in [1.54, 1.807) is 6.92 Å². The molecule has 0 radical (unpaired) electrons. The summed E-state index contributed by atoms with van der Waals surface area (Å²) in [6.45, 7) is 1.72. The Morgan fingerprint density at radius 3 is 2.16 bits per heavy atom. The third-order valence-electron chi connectivity index (χ3n) is 5.67. The Morgan fingerprint density at radius 2 is 1.59 bits per heavy atom. The fourth-order valence-electron chi connectivity index (χ4n) is 3.87. The van der Waals surface area contributed by atoms with Crippen LogP contribution in [0.3, 0.4) is 0 Å². The summed E-state index contributed by atoms with van der Waals surface area (Å²) in [5.74, 6) is -2.18. The van der Waals surface area contributed by atoms with E-state index >= 15 is 0 Å². The summed E-state index contributed by atoms with van der Waals surface area (Å²) >= 11 is 0. The fraction of sp³-hybridized carbons (Fsp3) is 0.375. The van der Waals surface area contributed by atoms with Crippen LogP contribution in [0.1, 0.15) is 36.8 Å². The Balaban J connectivity index is 1.46. The highest BCUT2D eigenvalue weighted by Gasteiger charge is 2.29. The number of rotatable bonds is 10. The number of ether oxygens (including phenoxy) is 1. The zero-order valence-corrected chi connectivity index (χ0v) is 17.9. The second-order valence-corrected chi connectivity index (χ2v) is 7.85. The van der Waals surface area contributed by atoms with E-state index < -0.39 is 29.9 Å². The highest BCUT2D eigenvalue weighted by atomic mass is 16.5. The smallest absolute Gasteiger partial charge is 0.407 e. The van der Waals surface area contributed by atoms with E-state index in [0.29, 0.717) is 6.42 Å². The zero-order chi connectivity index (χ0) is 23.1. The van der Waals surface area contributed by atoms with Crippen molar-refractivity contribution in [3.63, 3.8) is 0 Å². The van der Waals surface area contributed by atoms with Crippen molar-refractivity contribution in [2.45, 2.75) is 31.7 Å².